The first-order valence-electron chi connectivity index (χ1n) is 9.17. The Kier molecular flexibility index (Phi) is 4.13. The summed E-state index contributed by atoms with van der Waals surface area (Å²) in [6.45, 7) is 4.38. The minimum Gasteiger partial charge on any atom is -0.381 e. The molecule has 124 valence electrons. The molecule has 2 nitrogen and oxygen atoms in total. The van der Waals surface area contributed by atoms with Gasteiger partial charge in [0, 0.05) is 29.8 Å². The van der Waals surface area contributed by atoms with Gasteiger partial charge in [-0.05, 0) is 43.9 Å². The van der Waals surface area contributed by atoms with E-state index in [4.69, 9.17) is 4.99 Å². The monoisotopic (exact) mass is 318 g/mol. The second-order valence-electron chi connectivity index (χ2n) is 7.35. The van der Waals surface area contributed by atoms with Gasteiger partial charge >= 0.3 is 0 Å². The van der Waals surface area contributed by atoms with Crippen LogP contribution < -0.4 is 5.32 Å². The lowest BCUT2D eigenvalue weighted by molar-refractivity contribution is 0.371. The van der Waals surface area contributed by atoms with Crippen LogP contribution in [0.3, 0.4) is 0 Å². The second kappa shape index (κ2) is 6.43. The van der Waals surface area contributed by atoms with Crippen molar-refractivity contribution in [2.24, 2.45) is 10.9 Å². The van der Waals surface area contributed by atoms with E-state index in [2.05, 4.69) is 73.9 Å². The molecular weight excluding hydrogens is 292 g/mol. The Hall–Kier alpha value is -2.09. The smallest absolute Gasteiger partial charge is 0.0717 e. The van der Waals surface area contributed by atoms with Crippen LogP contribution in [-0.2, 0) is 0 Å². The maximum Gasteiger partial charge on any atom is 0.0717 e. The molecule has 4 rings (SSSR count). The summed E-state index contributed by atoms with van der Waals surface area (Å²) in [6, 6.07) is 18.2. The largest absolute Gasteiger partial charge is 0.381 e. The van der Waals surface area contributed by atoms with E-state index in [1.807, 2.05) is 0 Å². The summed E-state index contributed by atoms with van der Waals surface area (Å²) in [5.41, 5.74) is 5.52. The number of nitrogens with zero attached hydrogens (tertiary/aromatic N) is 1. The molecule has 4 atom stereocenters. The molecule has 0 bridgehead atoms. The van der Waals surface area contributed by atoms with Gasteiger partial charge in [-0.1, -0.05) is 54.4 Å². The molecule has 0 aromatic heterocycles. The molecule has 0 radical (unpaired) electrons. The number of aryl methyl sites for hydroxylation is 1. The van der Waals surface area contributed by atoms with Crippen molar-refractivity contribution < 1.29 is 0 Å². The van der Waals surface area contributed by atoms with Crippen LogP contribution in [0.5, 0.6) is 0 Å². The Balaban J connectivity index is 1.52. The van der Waals surface area contributed by atoms with Gasteiger partial charge in [-0.25, -0.2) is 0 Å². The first kappa shape index (κ1) is 15.4. The van der Waals surface area contributed by atoms with Gasteiger partial charge in [0.25, 0.3) is 0 Å². The van der Waals surface area contributed by atoms with Crippen molar-refractivity contribution in [2.75, 3.05) is 5.32 Å². The molecule has 2 heteroatoms. The summed E-state index contributed by atoms with van der Waals surface area (Å²) in [5, 5.41) is 3.79. The molecule has 0 spiro atoms. The van der Waals surface area contributed by atoms with E-state index in [0.29, 0.717) is 17.9 Å². The van der Waals surface area contributed by atoms with Crippen molar-refractivity contribution in [3.63, 3.8) is 0 Å². The van der Waals surface area contributed by atoms with Crippen LogP contribution in [0.4, 0.5) is 5.69 Å². The van der Waals surface area contributed by atoms with Crippen molar-refractivity contribution in [3.05, 3.63) is 65.2 Å². The number of rotatable bonds is 3. The van der Waals surface area contributed by atoms with E-state index in [1.54, 1.807) is 0 Å². The van der Waals surface area contributed by atoms with Crippen LogP contribution in [-0.4, -0.2) is 12.3 Å². The fourth-order valence-corrected chi connectivity index (χ4v) is 4.31. The van der Waals surface area contributed by atoms with Gasteiger partial charge in [-0.2, -0.15) is 0 Å². The third-order valence-corrected chi connectivity index (χ3v) is 5.66. The zero-order chi connectivity index (χ0) is 16.5. The maximum absolute atomic E-state index is 4.89. The average molecular weight is 318 g/mol. The molecule has 3 unspecified atom stereocenters. The van der Waals surface area contributed by atoms with Gasteiger partial charge in [-0.3, -0.25) is 4.99 Å². The van der Waals surface area contributed by atoms with Crippen LogP contribution >= 0.6 is 0 Å². The minimum absolute atomic E-state index is 0.234. The van der Waals surface area contributed by atoms with E-state index in [1.165, 1.54) is 41.6 Å². The number of nitrogens with one attached hydrogen (secondary N) is 1. The van der Waals surface area contributed by atoms with Gasteiger partial charge in [0.2, 0.25) is 0 Å². The second-order valence-corrected chi connectivity index (χ2v) is 7.35. The van der Waals surface area contributed by atoms with Crippen molar-refractivity contribution in [1.82, 2.24) is 0 Å². The molecule has 1 N–H and O–H groups in total. The van der Waals surface area contributed by atoms with E-state index in [0.717, 1.165) is 0 Å². The highest BCUT2D eigenvalue weighted by atomic mass is 15.0. The first-order chi connectivity index (χ1) is 11.7. The number of hydrogen-bond acceptors (Lipinski definition) is 2. The molecule has 1 aliphatic carbocycles. The van der Waals surface area contributed by atoms with Gasteiger partial charge in [-0.15, -0.1) is 0 Å². The Morgan fingerprint density at radius 3 is 2.79 bits per heavy atom. The summed E-state index contributed by atoms with van der Waals surface area (Å²) < 4.78 is 0. The SMILES string of the molecule is Cc1ccc2c(c1)C1CCCC(C=N[C@@H](C)c3ccccc3)C1N2. The lowest BCUT2D eigenvalue weighted by Gasteiger charge is -2.32. The topological polar surface area (TPSA) is 24.4 Å². The Bertz CT molecular complexity index is 735. The molecule has 2 aromatic carbocycles. The third kappa shape index (κ3) is 2.86. The quantitative estimate of drug-likeness (QED) is 0.742. The van der Waals surface area contributed by atoms with Crippen LogP contribution in [0, 0.1) is 12.8 Å². The van der Waals surface area contributed by atoms with Crippen molar-refractivity contribution >= 4 is 11.9 Å². The van der Waals surface area contributed by atoms with E-state index in [-0.39, 0.29) is 6.04 Å². The molecule has 1 heterocycles. The highest BCUT2D eigenvalue weighted by Gasteiger charge is 2.39. The zero-order valence-electron chi connectivity index (χ0n) is 14.6. The Morgan fingerprint density at radius 2 is 1.96 bits per heavy atom. The molecule has 24 heavy (non-hydrogen) atoms. The molecule has 1 aliphatic heterocycles. The number of anilines is 1. The summed E-state index contributed by atoms with van der Waals surface area (Å²) in [7, 11) is 0. The lowest BCUT2D eigenvalue weighted by Crippen LogP contribution is -2.34. The normalized spacial score (nSPS) is 26.7. The fraction of sp³-hybridized carbons (Fsp3) is 0.409. The Labute approximate surface area is 145 Å². The summed E-state index contributed by atoms with van der Waals surface area (Å²) in [5.74, 6) is 1.18. The molecular formula is C22H26N2. The summed E-state index contributed by atoms with van der Waals surface area (Å²) >= 11 is 0. The van der Waals surface area contributed by atoms with E-state index >= 15 is 0 Å². The molecule has 1 fully saturated rings. The van der Waals surface area contributed by atoms with Gasteiger partial charge < -0.3 is 5.32 Å². The number of hydrogen-bond donors (Lipinski definition) is 1. The Morgan fingerprint density at radius 1 is 1.12 bits per heavy atom. The van der Waals surface area contributed by atoms with Crippen molar-refractivity contribution in [1.29, 1.82) is 0 Å². The molecule has 2 aliphatic rings. The minimum atomic E-state index is 0.234. The van der Waals surface area contributed by atoms with Gasteiger partial charge in [0.05, 0.1) is 6.04 Å². The number of fused-ring (bicyclic) bond motifs is 3. The fourth-order valence-electron chi connectivity index (χ4n) is 4.31. The van der Waals surface area contributed by atoms with E-state index in [9.17, 15) is 0 Å². The third-order valence-electron chi connectivity index (χ3n) is 5.66. The van der Waals surface area contributed by atoms with Crippen molar-refractivity contribution in [3.8, 4) is 0 Å². The number of aliphatic imine (C=N–C) groups is 1. The van der Waals surface area contributed by atoms with Crippen LogP contribution in [0.1, 0.15) is 54.8 Å². The zero-order valence-corrected chi connectivity index (χ0v) is 14.6. The number of benzene rings is 2. The van der Waals surface area contributed by atoms with Gasteiger partial charge in [0.1, 0.15) is 0 Å². The molecule has 2 aromatic rings. The predicted octanol–water partition coefficient (Wildman–Crippen LogP) is 5.50. The first-order valence-corrected chi connectivity index (χ1v) is 9.17. The summed E-state index contributed by atoms with van der Waals surface area (Å²) in [6.07, 6.45) is 6.08. The predicted molar refractivity (Wildman–Crippen MR) is 102 cm³/mol. The molecule has 0 saturated heterocycles. The van der Waals surface area contributed by atoms with Gasteiger partial charge in [0.15, 0.2) is 0 Å². The maximum atomic E-state index is 4.89. The lowest BCUT2D eigenvalue weighted by atomic mass is 9.76. The van der Waals surface area contributed by atoms with E-state index < -0.39 is 0 Å². The average Bonchev–Trinajstić information content (AvgIpc) is 2.99. The summed E-state index contributed by atoms with van der Waals surface area (Å²) in [4.78, 5) is 4.89. The van der Waals surface area contributed by atoms with Crippen LogP contribution in [0.25, 0.3) is 0 Å². The standard InChI is InChI=1S/C22H26N2/c1-15-11-12-21-20(13-15)19-10-6-9-18(22(19)24-21)14-23-16(2)17-7-4-3-5-8-17/h3-5,7-8,11-14,16,18-19,22,24H,6,9-10H2,1-2H3/t16-,18?,19?,22?/m0/s1. The van der Waals surface area contributed by atoms with Crippen LogP contribution in [0.15, 0.2) is 53.5 Å². The highest BCUT2D eigenvalue weighted by Crippen LogP contribution is 2.46. The highest BCUT2D eigenvalue weighted by molar-refractivity contribution is 5.68. The van der Waals surface area contributed by atoms with Crippen LogP contribution in [0.2, 0.25) is 0 Å². The molecule has 0 amide bonds. The molecule has 1 saturated carbocycles. The van der Waals surface area contributed by atoms with Crippen molar-refractivity contribution in [2.45, 2.75) is 51.1 Å².